The molecule has 186 valence electrons. The number of rotatable bonds is 6. The van der Waals surface area contributed by atoms with Gasteiger partial charge in [-0.25, -0.2) is 19.0 Å². The normalized spacial score (nSPS) is 19.3. The van der Waals surface area contributed by atoms with Crippen molar-refractivity contribution in [2.24, 2.45) is 5.92 Å². The standard InChI is InChI=1S/C30H28FN5O/c1-19-25-18-34-36(24-12-10-23(31)11-13-24)27(25)17-22-9-8-21(28(19)22)16-26(20-6-3-2-4-7-20)35-30(37)29-32-14-5-15-33-29/h2-7,10-15,18-19,21,26H,8-9,16-17H2,1H3,(H,35,37)/t19-,21+,26?/m0/s1. The average Bonchev–Trinajstić information content (AvgIpc) is 3.55. The van der Waals surface area contributed by atoms with Crippen LogP contribution in [0.3, 0.4) is 0 Å². The highest BCUT2D eigenvalue weighted by Crippen LogP contribution is 2.49. The summed E-state index contributed by atoms with van der Waals surface area (Å²) in [7, 11) is 0. The van der Waals surface area contributed by atoms with Gasteiger partial charge < -0.3 is 5.32 Å². The maximum atomic E-state index is 13.5. The molecule has 2 aromatic carbocycles. The molecule has 2 aliphatic carbocycles. The summed E-state index contributed by atoms with van der Waals surface area (Å²) in [5, 5.41) is 7.88. The van der Waals surface area contributed by atoms with Crippen LogP contribution in [0.4, 0.5) is 4.39 Å². The van der Waals surface area contributed by atoms with E-state index in [0.29, 0.717) is 5.92 Å². The first kappa shape index (κ1) is 23.3. The Morgan fingerprint density at radius 1 is 1.08 bits per heavy atom. The zero-order valence-electron chi connectivity index (χ0n) is 20.6. The van der Waals surface area contributed by atoms with Crippen molar-refractivity contribution in [2.45, 2.75) is 44.6 Å². The molecule has 2 aromatic heterocycles. The molecule has 3 atom stereocenters. The Morgan fingerprint density at radius 2 is 1.84 bits per heavy atom. The Morgan fingerprint density at radius 3 is 2.59 bits per heavy atom. The van der Waals surface area contributed by atoms with Crippen LogP contribution in [0.1, 0.15) is 65.6 Å². The molecule has 0 saturated carbocycles. The van der Waals surface area contributed by atoms with Crippen molar-refractivity contribution in [1.82, 2.24) is 25.1 Å². The van der Waals surface area contributed by atoms with Crippen LogP contribution in [-0.2, 0) is 6.42 Å². The van der Waals surface area contributed by atoms with Crippen LogP contribution in [0, 0.1) is 11.7 Å². The minimum atomic E-state index is -0.263. The van der Waals surface area contributed by atoms with E-state index in [0.717, 1.165) is 36.9 Å². The molecule has 0 aliphatic heterocycles. The van der Waals surface area contributed by atoms with Crippen molar-refractivity contribution in [2.75, 3.05) is 0 Å². The van der Waals surface area contributed by atoms with E-state index in [1.807, 2.05) is 29.1 Å². The van der Waals surface area contributed by atoms with Crippen LogP contribution in [0.25, 0.3) is 5.69 Å². The number of hydrogen-bond donors (Lipinski definition) is 1. The highest BCUT2D eigenvalue weighted by Gasteiger charge is 2.37. The third kappa shape index (κ3) is 4.46. The highest BCUT2D eigenvalue weighted by atomic mass is 19.1. The molecule has 1 unspecified atom stereocenters. The first-order chi connectivity index (χ1) is 18.1. The van der Waals surface area contributed by atoms with E-state index < -0.39 is 0 Å². The Bertz CT molecular complexity index is 1450. The predicted molar refractivity (Wildman–Crippen MR) is 139 cm³/mol. The van der Waals surface area contributed by atoms with Gasteiger partial charge in [0, 0.05) is 30.3 Å². The van der Waals surface area contributed by atoms with Crippen LogP contribution in [0.5, 0.6) is 0 Å². The van der Waals surface area contributed by atoms with Gasteiger partial charge in [0.05, 0.1) is 23.6 Å². The van der Waals surface area contributed by atoms with E-state index >= 15 is 0 Å². The summed E-state index contributed by atoms with van der Waals surface area (Å²) in [6.07, 6.45) is 8.89. The lowest BCUT2D eigenvalue weighted by Gasteiger charge is -2.29. The van der Waals surface area contributed by atoms with Gasteiger partial charge in [0.15, 0.2) is 0 Å². The van der Waals surface area contributed by atoms with Crippen molar-refractivity contribution in [1.29, 1.82) is 0 Å². The summed E-state index contributed by atoms with van der Waals surface area (Å²) >= 11 is 0. The number of hydrogen-bond acceptors (Lipinski definition) is 4. The Labute approximate surface area is 215 Å². The molecule has 0 spiro atoms. The molecule has 0 bridgehead atoms. The summed E-state index contributed by atoms with van der Waals surface area (Å²) in [4.78, 5) is 21.2. The minimum Gasteiger partial charge on any atom is -0.342 e. The van der Waals surface area contributed by atoms with Crippen LogP contribution in [-0.4, -0.2) is 25.7 Å². The van der Waals surface area contributed by atoms with Gasteiger partial charge in [-0.3, -0.25) is 4.79 Å². The second-order valence-electron chi connectivity index (χ2n) is 9.87. The number of allylic oxidation sites excluding steroid dienone is 2. The van der Waals surface area contributed by atoms with Crippen LogP contribution >= 0.6 is 0 Å². The molecule has 2 aliphatic rings. The molecule has 37 heavy (non-hydrogen) atoms. The van der Waals surface area contributed by atoms with Crippen LogP contribution in [0.2, 0.25) is 0 Å². The van der Waals surface area contributed by atoms with Gasteiger partial charge in [-0.1, -0.05) is 48.4 Å². The zero-order valence-corrected chi connectivity index (χ0v) is 20.6. The van der Waals surface area contributed by atoms with E-state index in [9.17, 15) is 9.18 Å². The maximum absolute atomic E-state index is 13.5. The maximum Gasteiger partial charge on any atom is 0.289 e. The van der Waals surface area contributed by atoms with Gasteiger partial charge in [0.1, 0.15) is 5.82 Å². The predicted octanol–water partition coefficient (Wildman–Crippen LogP) is 5.73. The monoisotopic (exact) mass is 493 g/mol. The zero-order chi connectivity index (χ0) is 25.4. The molecule has 7 heteroatoms. The highest BCUT2D eigenvalue weighted by molar-refractivity contribution is 5.90. The summed E-state index contributed by atoms with van der Waals surface area (Å²) in [6, 6.07) is 18.2. The van der Waals surface area contributed by atoms with E-state index in [1.54, 1.807) is 30.6 Å². The minimum absolute atomic E-state index is 0.148. The number of aromatic nitrogens is 4. The summed E-state index contributed by atoms with van der Waals surface area (Å²) < 4.78 is 15.4. The fourth-order valence-electron chi connectivity index (χ4n) is 6.02. The fraction of sp³-hybridized carbons (Fsp3) is 0.267. The van der Waals surface area contributed by atoms with E-state index in [-0.39, 0.29) is 29.5 Å². The van der Waals surface area contributed by atoms with Gasteiger partial charge in [0.2, 0.25) is 5.82 Å². The largest absolute Gasteiger partial charge is 0.342 e. The lowest BCUT2D eigenvalue weighted by Crippen LogP contribution is -2.31. The SMILES string of the molecule is C[C@@H]1C2=C(CC[C@@H]2CC(NC(=O)c2ncccn2)c2ccccc2)Cc2c1cnn2-c1ccc(F)cc1. The van der Waals surface area contributed by atoms with Gasteiger partial charge in [-0.2, -0.15) is 5.10 Å². The molecule has 6 rings (SSSR count). The first-order valence-corrected chi connectivity index (χ1v) is 12.8. The number of amides is 1. The summed E-state index contributed by atoms with van der Waals surface area (Å²) in [6.45, 7) is 2.26. The average molecular weight is 494 g/mol. The fourth-order valence-corrected chi connectivity index (χ4v) is 6.02. The molecule has 4 aromatic rings. The topological polar surface area (TPSA) is 72.7 Å². The van der Waals surface area contributed by atoms with Crippen molar-refractivity contribution in [3.05, 3.63) is 119 Å². The van der Waals surface area contributed by atoms with Gasteiger partial charge >= 0.3 is 0 Å². The van der Waals surface area contributed by atoms with Crippen molar-refractivity contribution >= 4 is 5.91 Å². The third-order valence-electron chi connectivity index (χ3n) is 7.73. The van der Waals surface area contributed by atoms with E-state index in [2.05, 4.69) is 39.4 Å². The number of nitrogens with zero attached hydrogens (tertiary/aromatic N) is 4. The molecule has 1 N–H and O–H groups in total. The summed E-state index contributed by atoms with van der Waals surface area (Å²) in [5.41, 5.74) is 7.33. The number of halogens is 1. The lowest BCUT2D eigenvalue weighted by atomic mass is 9.78. The van der Waals surface area contributed by atoms with Crippen molar-refractivity contribution in [3.63, 3.8) is 0 Å². The smallest absolute Gasteiger partial charge is 0.289 e. The third-order valence-corrected chi connectivity index (χ3v) is 7.73. The van der Waals surface area contributed by atoms with Crippen molar-refractivity contribution < 1.29 is 9.18 Å². The Hall–Kier alpha value is -4.13. The first-order valence-electron chi connectivity index (χ1n) is 12.8. The van der Waals surface area contributed by atoms with E-state index in [4.69, 9.17) is 0 Å². The van der Waals surface area contributed by atoms with E-state index in [1.165, 1.54) is 34.5 Å². The molecular weight excluding hydrogens is 465 g/mol. The second kappa shape index (κ2) is 9.73. The summed E-state index contributed by atoms with van der Waals surface area (Å²) in [5.74, 6) is 0.264. The van der Waals surface area contributed by atoms with Crippen molar-refractivity contribution in [3.8, 4) is 5.69 Å². The molecule has 6 nitrogen and oxygen atoms in total. The Balaban J connectivity index is 1.27. The number of nitrogens with one attached hydrogen (secondary N) is 1. The number of carbonyl (C=O) groups is 1. The van der Waals surface area contributed by atoms with Crippen LogP contribution in [0.15, 0.2) is 90.4 Å². The molecule has 1 amide bonds. The van der Waals surface area contributed by atoms with Gasteiger partial charge in [-0.15, -0.1) is 0 Å². The molecular formula is C30H28FN5O. The molecule has 0 fully saturated rings. The number of carbonyl (C=O) groups excluding carboxylic acids is 1. The van der Waals surface area contributed by atoms with Gasteiger partial charge in [-0.05, 0) is 61.1 Å². The Kier molecular flexibility index (Phi) is 6.12. The molecule has 2 heterocycles. The van der Waals surface area contributed by atoms with Crippen LogP contribution < -0.4 is 5.32 Å². The molecule has 0 radical (unpaired) electrons. The second-order valence-corrected chi connectivity index (χ2v) is 9.87. The number of fused-ring (bicyclic) bond motifs is 1. The quantitative estimate of drug-likeness (QED) is 0.348. The van der Waals surface area contributed by atoms with Gasteiger partial charge in [0.25, 0.3) is 5.91 Å². The molecule has 0 saturated heterocycles. The lowest BCUT2D eigenvalue weighted by molar-refractivity contribution is 0.0921. The number of benzene rings is 2.